The highest BCUT2D eigenvalue weighted by Gasteiger charge is 2.21. The van der Waals surface area contributed by atoms with Gasteiger partial charge in [0, 0.05) is 44.3 Å². The molecule has 3 aromatic heterocycles. The molecule has 5 nitrogen and oxygen atoms in total. The summed E-state index contributed by atoms with van der Waals surface area (Å²) in [6.07, 6.45) is 0. The topological polar surface area (TPSA) is 56.7 Å². The number of furan rings is 1. The smallest absolute Gasteiger partial charge is 0.238 e. The Morgan fingerprint density at radius 1 is 0.489 bits per heavy atom. The molecule has 0 atom stereocenters. The first-order valence-electron chi connectivity index (χ1n) is 14.7. The minimum atomic E-state index is 0.550. The highest BCUT2D eigenvalue weighted by atomic mass is 35.5. The summed E-state index contributed by atoms with van der Waals surface area (Å²) >= 11 is 6.79. The Bertz CT molecular complexity index is 2500. The standard InChI is InChI=1S/C39H23ClN4O/c40-31-23-35-30(22-29(31)24-12-3-1-4-13-24)36-28(18-11-21-34(36)45-35)38-41-37(25-14-5-2-6-15-25)42-39(43-38)44-32-19-9-7-16-26(32)27-17-8-10-20-33(27)44/h1-23H. The van der Waals surface area contributed by atoms with Crippen LogP contribution in [0.25, 0.3) is 83.6 Å². The van der Waals surface area contributed by atoms with Crippen LogP contribution in [-0.2, 0) is 0 Å². The van der Waals surface area contributed by atoms with Crippen LogP contribution in [-0.4, -0.2) is 19.5 Å². The predicted octanol–water partition coefficient (Wildman–Crippen LogP) is 10.5. The van der Waals surface area contributed by atoms with Gasteiger partial charge in [0.05, 0.1) is 16.1 Å². The minimum Gasteiger partial charge on any atom is -0.456 e. The van der Waals surface area contributed by atoms with Gasteiger partial charge in [0.15, 0.2) is 11.6 Å². The molecule has 3 heterocycles. The fraction of sp³-hybridized carbons (Fsp3) is 0. The van der Waals surface area contributed by atoms with Crippen LogP contribution < -0.4 is 0 Å². The normalized spacial score (nSPS) is 11.7. The molecular formula is C39H23ClN4O. The van der Waals surface area contributed by atoms with Gasteiger partial charge < -0.3 is 4.42 Å². The number of fused-ring (bicyclic) bond motifs is 6. The van der Waals surface area contributed by atoms with Gasteiger partial charge in [0.1, 0.15) is 11.2 Å². The van der Waals surface area contributed by atoms with Crippen LogP contribution in [0.5, 0.6) is 0 Å². The molecule has 0 amide bonds. The fourth-order valence-corrected chi connectivity index (χ4v) is 6.57. The number of rotatable bonds is 4. The first kappa shape index (κ1) is 25.7. The minimum absolute atomic E-state index is 0.550. The Hall–Kier alpha value is -5.78. The molecule has 6 heteroatoms. The number of hydrogen-bond acceptors (Lipinski definition) is 4. The van der Waals surface area contributed by atoms with E-state index in [1.165, 1.54) is 0 Å². The van der Waals surface area contributed by atoms with E-state index in [1.807, 2.05) is 84.9 Å². The molecule has 0 N–H and O–H groups in total. The zero-order valence-electron chi connectivity index (χ0n) is 23.9. The first-order valence-corrected chi connectivity index (χ1v) is 15.1. The second-order valence-electron chi connectivity index (χ2n) is 11.0. The van der Waals surface area contributed by atoms with Crippen molar-refractivity contribution < 1.29 is 4.42 Å². The van der Waals surface area contributed by atoms with Crippen LogP contribution in [0.4, 0.5) is 0 Å². The average Bonchev–Trinajstić information content (AvgIpc) is 3.63. The van der Waals surface area contributed by atoms with Gasteiger partial charge in [0.25, 0.3) is 0 Å². The molecular weight excluding hydrogens is 576 g/mol. The molecule has 0 aliphatic carbocycles. The van der Waals surface area contributed by atoms with E-state index in [-0.39, 0.29) is 0 Å². The first-order chi connectivity index (χ1) is 22.2. The third kappa shape index (κ3) is 4.13. The van der Waals surface area contributed by atoms with E-state index >= 15 is 0 Å². The van der Waals surface area contributed by atoms with Crippen LogP contribution in [0.3, 0.4) is 0 Å². The molecule has 45 heavy (non-hydrogen) atoms. The van der Waals surface area contributed by atoms with Crippen LogP contribution in [0, 0.1) is 0 Å². The number of para-hydroxylation sites is 2. The van der Waals surface area contributed by atoms with Crippen molar-refractivity contribution in [2.75, 3.05) is 0 Å². The number of nitrogens with zero attached hydrogens (tertiary/aromatic N) is 4. The van der Waals surface area contributed by atoms with Crippen molar-refractivity contribution in [2.24, 2.45) is 0 Å². The summed E-state index contributed by atoms with van der Waals surface area (Å²) in [5.74, 6) is 1.70. The second kappa shape index (κ2) is 10.2. The third-order valence-electron chi connectivity index (χ3n) is 8.35. The van der Waals surface area contributed by atoms with E-state index in [2.05, 4.69) is 59.2 Å². The predicted molar refractivity (Wildman–Crippen MR) is 183 cm³/mol. The maximum absolute atomic E-state index is 6.79. The van der Waals surface area contributed by atoms with Crippen LogP contribution in [0.15, 0.2) is 144 Å². The number of halogens is 1. The summed E-state index contributed by atoms with van der Waals surface area (Å²) in [7, 11) is 0. The summed E-state index contributed by atoms with van der Waals surface area (Å²) < 4.78 is 8.49. The van der Waals surface area contributed by atoms with E-state index in [0.29, 0.717) is 28.2 Å². The number of benzene rings is 6. The van der Waals surface area contributed by atoms with Crippen molar-refractivity contribution in [3.8, 4) is 39.9 Å². The van der Waals surface area contributed by atoms with Gasteiger partial charge in [-0.25, -0.2) is 4.98 Å². The summed E-state index contributed by atoms with van der Waals surface area (Å²) in [6, 6.07) is 46.9. The second-order valence-corrected chi connectivity index (χ2v) is 11.4. The quantitative estimate of drug-likeness (QED) is 0.202. The molecule has 212 valence electrons. The lowest BCUT2D eigenvalue weighted by molar-refractivity contribution is 0.669. The fourth-order valence-electron chi connectivity index (χ4n) is 6.31. The zero-order valence-corrected chi connectivity index (χ0v) is 24.6. The van der Waals surface area contributed by atoms with E-state index in [4.69, 9.17) is 31.0 Å². The average molecular weight is 599 g/mol. The number of aromatic nitrogens is 4. The lowest BCUT2D eigenvalue weighted by Gasteiger charge is -2.11. The van der Waals surface area contributed by atoms with Gasteiger partial charge in [-0.2, -0.15) is 9.97 Å². The van der Waals surface area contributed by atoms with Crippen molar-refractivity contribution in [2.45, 2.75) is 0 Å². The monoisotopic (exact) mass is 598 g/mol. The molecule has 0 unspecified atom stereocenters. The number of hydrogen-bond donors (Lipinski definition) is 0. The van der Waals surface area contributed by atoms with Crippen LogP contribution in [0.2, 0.25) is 5.02 Å². The summed E-state index contributed by atoms with van der Waals surface area (Å²) in [4.78, 5) is 15.3. The van der Waals surface area contributed by atoms with E-state index in [0.717, 1.165) is 60.4 Å². The SMILES string of the molecule is Clc1cc2oc3cccc(-c4nc(-c5ccccc5)nc(-n5c6ccccc6c6ccccc65)n4)c3c2cc1-c1ccccc1. The Labute approximate surface area is 263 Å². The lowest BCUT2D eigenvalue weighted by Crippen LogP contribution is -2.06. The molecule has 6 aromatic carbocycles. The van der Waals surface area contributed by atoms with Gasteiger partial charge in [-0.05, 0) is 29.8 Å². The summed E-state index contributed by atoms with van der Waals surface area (Å²) in [5.41, 5.74) is 7.25. The molecule has 9 aromatic rings. The molecule has 0 bridgehead atoms. The molecule has 9 rings (SSSR count). The molecule has 0 spiro atoms. The van der Waals surface area contributed by atoms with Crippen LogP contribution >= 0.6 is 11.6 Å². The van der Waals surface area contributed by atoms with E-state index in [1.54, 1.807) is 0 Å². The van der Waals surface area contributed by atoms with Gasteiger partial charge in [-0.15, -0.1) is 0 Å². The Morgan fingerprint density at radius 3 is 1.82 bits per heavy atom. The van der Waals surface area contributed by atoms with Gasteiger partial charge in [-0.1, -0.05) is 121 Å². The van der Waals surface area contributed by atoms with Crippen molar-refractivity contribution >= 4 is 55.3 Å². The van der Waals surface area contributed by atoms with Gasteiger partial charge in [-0.3, -0.25) is 4.57 Å². The van der Waals surface area contributed by atoms with Crippen molar-refractivity contribution in [1.29, 1.82) is 0 Å². The van der Waals surface area contributed by atoms with Crippen molar-refractivity contribution in [3.63, 3.8) is 0 Å². The van der Waals surface area contributed by atoms with Crippen molar-refractivity contribution in [3.05, 3.63) is 145 Å². The van der Waals surface area contributed by atoms with E-state index < -0.39 is 0 Å². The highest BCUT2D eigenvalue weighted by molar-refractivity contribution is 6.34. The summed E-state index contributed by atoms with van der Waals surface area (Å²) in [6.45, 7) is 0. The maximum atomic E-state index is 6.79. The molecule has 0 saturated heterocycles. The molecule has 0 saturated carbocycles. The molecule has 0 radical (unpaired) electrons. The third-order valence-corrected chi connectivity index (χ3v) is 8.66. The Kier molecular flexibility index (Phi) is 5.80. The van der Waals surface area contributed by atoms with Gasteiger partial charge >= 0.3 is 0 Å². The van der Waals surface area contributed by atoms with E-state index in [9.17, 15) is 0 Å². The Balaban J connectivity index is 1.35. The zero-order chi connectivity index (χ0) is 29.9. The maximum Gasteiger partial charge on any atom is 0.238 e. The molecule has 0 fully saturated rings. The summed E-state index contributed by atoms with van der Waals surface area (Å²) in [5, 5.41) is 4.80. The largest absolute Gasteiger partial charge is 0.456 e. The molecule has 0 aliphatic rings. The van der Waals surface area contributed by atoms with Crippen LogP contribution in [0.1, 0.15) is 0 Å². The van der Waals surface area contributed by atoms with Gasteiger partial charge in [0.2, 0.25) is 5.95 Å². The lowest BCUT2D eigenvalue weighted by atomic mass is 10.0. The highest BCUT2D eigenvalue weighted by Crippen LogP contribution is 2.41. The Morgan fingerprint density at radius 2 is 1.11 bits per heavy atom. The van der Waals surface area contributed by atoms with Crippen molar-refractivity contribution in [1.82, 2.24) is 19.5 Å². The molecule has 0 aliphatic heterocycles.